The lowest BCUT2D eigenvalue weighted by Gasteiger charge is -2.12. The summed E-state index contributed by atoms with van der Waals surface area (Å²) in [6.45, 7) is 1.03. The fourth-order valence-corrected chi connectivity index (χ4v) is 1.23. The number of halogens is 3. The van der Waals surface area contributed by atoms with E-state index in [1.165, 1.54) is 14.0 Å². The van der Waals surface area contributed by atoms with Gasteiger partial charge < -0.3 is 9.47 Å². The summed E-state index contributed by atoms with van der Waals surface area (Å²) in [5.41, 5.74) is -0.774. The minimum Gasteiger partial charge on any atom is -0.467 e. The number of carbonyl (C=O) groups is 1. The maximum absolute atomic E-state index is 12.5. The molecule has 0 spiro atoms. The van der Waals surface area contributed by atoms with Crippen LogP contribution >= 0.6 is 0 Å². The van der Waals surface area contributed by atoms with Crippen molar-refractivity contribution in [2.45, 2.75) is 13.1 Å². The van der Waals surface area contributed by atoms with E-state index in [4.69, 9.17) is 4.74 Å². The van der Waals surface area contributed by atoms with Crippen LogP contribution in [-0.2, 0) is 10.9 Å². The lowest BCUT2D eigenvalue weighted by molar-refractivity contribution is -0.137. The average molecular weight is 248 g/mol. The summed E-state index contributed by atoms with van der Waals surface area (Å²) in [4.78, 5) is 11.2. The number of methoxy groups -OCH3 is 1. The molecule has 0 heterocycles. The van der Waals surface area contributed by atoms with Gasteiger partial charge in [0.05, 0.1) is 11.1 Å². The first-order valence-corrected chi connectivity index (χ1v) is 4.70. The van der Waals surface area contributed by atoms with Crippen molar-refractivity contribution in [3.05, 3.63) is 29.3 Å². The van der Waals surface area contributed by atoms with E-state index in [0.29, 0.717) is 0 Å². The number of alkyl halides is 3. The first-order valence-electron chi connectivity index (χ1n) is 4.70. The molecule has 17 heavy (non-hydrogen) atoms. The largest absolute Gasteiger partial charge is 0.467 e. The summed E-state index contributed by atoms with van der Waals surface area (Å²) in [5.74, 6) is -0.501. The Morgan fingerprint density at radius 3 is 2.47 bits per heavy atom. The molecule has 1 aromatic rings. The van der Waals surface area contributed by atoms with Gasteiger partial charge in [0, 0.05) is 7.11 Å². The summed E-state index contributed by atoms with van der Waals surface area (Å²) in [7, 11) is 1.33. The maximum Gasteiger partial charge on any atom is 0.416 e. The quantitative estimate of drug-likeness (QED) is 0.607. The highest BCUT2D eigenvalue weighted by molar-refractivity contribution is 5.96. The van der Waals surface area contributed by atoms with Gasteiger partial charge in [-0.3, -0.25) is 4.79 Å². The molecular formula is C11H11F3O3. The van der Waals surface area contributed by atoms with Crippen LogP contribution in [0.25, 0.3) is 0 Å². The van der Waals surface area contributed by atoms with Gasteiger partial charge in [0.1, 0.15) is 5.75 Å². The standard InChI is InChI=1S/C11H11F3O3/c1-7(15)9-4-3-8(11(12,13)14)5-10(9)17-6-16-2/h3-5H,6H2,1-2H3. The maximum atomic E-state index is 12.5. The Bertz CT molecular complexity index is 413. The fraction of sp³-hybridized carbons (Fsp3) is 0.364. The van der Waals surface area contributed by atoms with Crippen molar-refractivity contribution in [3.63, 3.8) is 0 Å². The van der Waals surface area contributed by atoms with Gasteiger partial charge >= 0.3 is 6.18 Å². The average Bonchev–Trinajstić information content (AvgIpc) is 2.24. The molecule has 3 nitrogen and oxygen atoms in total. The van der Waals surface area contributed by atoms with Crippen molar-refractivity contribution in [1.82, 2.24) is 0 Å². The molecule has 0 radical (unpaired) electrons. The Morgan fingerprint density at radius 1 is 1.35 bits per heavy atom. The van der Waals surface area contributed by atoms with E-state index in [2.05, 4.69) is 4.74 Å². The first kappa shape index (κ1) is 13.5. The van der Waals surface area contributed by atoms with Crippen LogP contribution in [0.2, 0.25) is 0 Å². The number of hydrogen-bond acceptors (Lipinski definition) is 3. The molecule has 0 N–H and O–H groups in total. The van der Waals surface area contributed by atoms with Crippen LogP contribution in [0.15, 0.2) is 18.2 Å². The third-order valence-electron chi connectivity index (χ3n) is 2.02. The molecule has 0 bridgehead atoms. The van der Waals surface area contributed by atoms with Gasteiger partial charge in [-0.25, -0.2) is 0 Å². The van der Waals surface area contributed by atoms with E-state index in [1.54, 1.807) is 0 Å². The summed E-state index contributed by atoms with van der Waals surface area (Å²) in [6.07, 6.45) is -4.47. The lowest BCUT2D eigenvalue weighted by atomic mass is 10.1. The second-order valence-corrected chi connectivity index (χ2v) is 3.32. The van der Waals surface area contributed by atoms with Crippen LogP contribution in [0.1, 0.15) is 22.8 Å². The third-order valence-corrected chi connectivity index (χ3v) is 2.02. The summed E-state index contributed by atoms with van der Waals surface area (Å²) < 4.78 is 46.9. The second kappa shape index (κ2) is 5.18. The molecule has 0 aliphatic heterocycles. The van der Waals surface area contributed by atoms with Gasteiger partial charge in [-0.1, -0.05) is 0 Å². The van der Waals surface area contributed by atoms with Crippen molar-refractivity contribution < 1.29 is 27.4 Å². The minimum absolute atomic E-state index is 0.0926. The number of ketones is 1. The smallest absolute Gasteiger partial charge is 0.416 e. The fourth-order valence-electron chi connectivity index (χ4n) is 1.23. The molecule has 1 rings (SSSR count). The molecular weight excluding hydrogens is 237 g/mol. The predicted octanol–water partition coefficient (Wildman–Crippen LogP) is 2.89. The molecule has 0 amide bonds. The Labute approximate surface area is 96.1 Å². The van der Waals surface area contributed by atoms with E-state index in [9.17, 15) is 18.0 Å². The van der Waals surface area contributed by atoms with Crippen LogP contribution in [0, 0.1) is 0 Å². The Hall–Kier alpha value is -1.56. The summed E-state index contributed by atoms with van der Waals surface area (Å²) in [5, 5.41) is 0. The molecule has 0 saturated heterocycles. The van der Waals surface area contributed by atoms with E-state index in [-0.39, 0.29) is 23.9 Å². The van der Waals surface area contributed by atoms with Crippen LogP contribution in [0.5, 0.6) is 5.75 Å². The van der Waals surface area contributed by atoms with E-state index in [0.717, 1.165) is 18.2 Å². The van der Waals surface area contributed by atoms with Gasteiger partial charge in [0.25, 0.3) is 0 Å². The normalized spacial score (nSPS) is 11.4. The molecule has 0 atom stereocenters. The SMILES string of the molecule is COCOc1cc(C(F)(F)F)ccc1C(C)=O. The highest BCUT2D eigenvalue weighted by atomic mass is 19.4. The Kier molecular flexibility index (Phi) is 4.11. The third kappa shape index (κ3) is 3.45. The number of rotatable bonds is 4. The van der Waals surface area contributed by atoms with Crippen molar-refractivity contribution in [1.29, 1.82) is 0 Å². The van der Waals surface area contributed by atoms with Gasteiger partial charge in [-0.2, -0.15) is 13.2 Å². The Morgan fingerprint density at radius 2 is 2.00 bits per heavy atom. The minimum atomic E-state index is -4.47. The monoisotopic (exact) mass is 248 g/mol. The number of hydrogen-bond donors (Lipinski definition) is 0. The molecule has 0 saturated carbocycles. The zero-order valence-corrected chi connectivity index (χ0v) is 9.30. The molecule has 1 aromatic carbocycles. The van der Waals surface area contributed by atoms with E-state index >= 15 is 0 Å². The summed E-state index contributed by atoms with van der Waals surface area (Å²) >= 11 is 0. The predicted molar refractivity (Wildman–Crippen MR) is 54.0 cm³/mol. The van der Waals surface area contributed by atoms with Crippen LogP contribution in [0.3, 0.4) is 0 Å². The molecule has 94 valence electrons. The van der Waals surface area contributed by atoms with Gasteiger partial charge in [0.15, 0.2) is 12.6 Å². The van der Waals surface area contributed by atoms with Crippen molar-refractivity contribution in [2.75, 3.05) is 13.9 Å². The molecule has 0 aromatic heterocycles. The molecule has 0 aliphatic rings. The number of ether oxygens (including phenoxy) is 2. The van der Waals surface area contributed by atoms with E-state index < -0.39 is 11.7 Å². The zero-order valence-electron chi connectivity index (χ0n) is 9.30. The zero-order chi connectivity index (χ0) is 13.1. The highest BCUT2D eigenvalue weighted by Crippen LogP contribution is 2.33. The second-order valence-electron chi connectivity index (χ2n) is 3.32. The van der Waals surface area contributed by atoms with Gasteiger partial charge in [-0.15, -0.1) is 0 Å². The highest BCUT2D eigenvalue weighted by Gasteiger charge is 2.31. The van der Waals surface area contributed by atoms with Crippen molar-refractivity contribution in [3.8, 4) is 5.75 Å². The first-order chi connectivity index (χ1) is 7.86. The van der Waals surface area contributed by atoms with Crippen LogP contribution in [-0.4, -0.2) is 19.7 Å². The molecule has 0 fully saturated rings. The van der Waals surface area contributed by atoms with Gasteiger partial charge in [0.2, 0.25) is 0 Å². The molecule has 0 unspecified atom stereocenters. The Balaban J connectivity index is 3.14. The number of benzene rings is 1. The number of Topliss-reactive ketones (excluding diaryl/α,β-unsaturated/α-hetero) is 1. The lowest BCUT2D eigenvalue weighted by Crippen LogP contribution is -2.09. The molecule has 0 aliphatic carbocycles. The van der Waals surface area contributed by atoms with Gasteiger partial charge in [-0.05, 0) is 25.1 Å². The van der Waals surface area contributed by atoms with Crippen LogP contribution in [0.4, 0.5) is 13.2 Å². The molecule has 6 heteroatoms. The number of carbonyl (C=O) groups excluding carboxylic acids is 1. The topological polar surface area (TPSA) is 35.5 Å². The van der Waals surface area contributed by atoms with E-state index in [1.807, 2.05) is 0 Å². The van der Waals surface area contributed by atoms with Crippen LogP contribution < -0.4 is 4.74 Å². The van der Waals surface area contributed by atoms with Crippen molar-refractivity contribution >= 4 is 5.78 Å². The van der Waals surface area contributed by atoms with Crippen molar-refractivity contribution in [2.24, 2.45) is 0 Å². The summed E-state index contributed by atoms with van der Waals surface area (Å²) in [6, 6.07) is 2.72.